The highest BCUT2D eigenvalue weighted by molar-refractivity contribution is 5.98. The molecule has 1 saturated carbocycles. The normalized spacial score (nSPS) is 23.0. The van der Waals surface area contributed by atoms with E-state index in [1.54, 1.807) is 0 Å². The molecule has 4 rings (SSSR count). The minimum atomic E-state index is -0.121. The van der Waals surface area contributed by atoms with Crippen molar-refractivity contribution in [3.8, 4) is 11.1 Å². The Balaban J connectivity index is 0.00000186. The van der Waals surface area contributed by atoms with E-state index in [4.69, 9.17) is 0 Å². The van der Waals surface area contributed by atoms with Crippen LogP contribution in [0.5, 0.6) is 0 Å². The lowest BCUT2D eigenvalue weighted by Crippen LogP contribution is -2.45. The van der Waals surface area contributed by atoms with Crippen LogP contribution >= 0.6 is 0 Å². The lowest BCUT2D eigenvalue weighted by molar-refractivity contribution is -0.118. The van der Waals surface area contributed by atoms with E-state index in [0.29, 0.717) is 18.0 Å². The molecular formula is C31H43N5O. The molecule has 1 atom stereocenters. The second-order valence-corrected chi connectivity index (χ2v) is 10.3. The summed E-state index contributed by atoms with van der Waals surface area (Å²) in [6, 6.07) is 10.4. The average molecular weight is 502 g/mol. The molecule has 2 fully saturated rings. The molecule has 1 aromatic heterocycles. The summed E-state index contributed by atoms with van der Waals surface area (Å²) < 4.78 is 0. The second kappa shape index (κ2) is 12.7. The van der Waals surface area contributed by atoms with Gasteiger partial charge in [-0.15, -0.1) is 0 Å². The van der Waals surface area contributed by atoms with Crippen LogP contribution in [0.2, 0.25) is 0 Å². The summed E-state index contributed by atoms with van der Waals surface area (Å²) in [6.07, 6.45) is 10.3. The number of aryl methyl sites for hydroxylation is 1. The highest BCUT2D eigenvalue weighted by atomic mass is 16.2. The van der Waals surface area contributed by atoms with Crippen LogP contribution in [0, 0.1) is 18.8 Å². The van der Waals surface area contributed by atoms with Crippen LogP contribution < -0.4 is 16.0 Å². The number of anilines is 1. The number of benzene rings is 1. The minimum absolute atomic E-state index is 0.0932. The maximum Gasteiger partial charge on any atom is 0.254 e. The van der Waals surface area contributed by atoms with Crippen molar-refractivity contribution in [1.82, 2.24) is 15.2 Å². The number of nitrogens with two attached hydrogens (primary N) is 1. The molecule has 6 nitrogen and oxygen atoms in total. The predicted octanol–water partition coefficient (Wildman–Crippen LogP) is 5.63. The third kappa shape index (κ3) is 6.89. The molecule has 2 aliphatic rings. The molecule has 198 valence electrons. The number of pyridine rings is 1. The van der Waals surface area contributed by atoms with Gasteiger partial charge in [0.05, 0.1) is 11.7 Å². The first-order valence-electron chi connectivity index (χ1n) is 13.2. The van der Waals surface area contributed by atoms with Gasteiger partial charge in [-0.1, -0.05) is 45.1 Å². The molecule has 2 aromatic rings. The van der Waals surface area contributed by atoms with Crippen LogP contribution in [0.1, 0.15) is 45.1 Å². The lowest BCUT2D eigenvalue weighted by Gasteiger charge is -2.37. The molecular weight excluding hydrogens is 458 g/mol. The van der Waals surface area contributed by atoms with Crippen LogP contribution in [-0.2, 0) is 4.79 Å². The smallest absolute Gasteiger partial charge is 0.254 e. The molecule has 0 bridgehead atoms. The van der Waals surface area contributed by atoms with Gasteiger partial charge in [0.2, 0.25) is 0 Å². The monoisotopic (exact) mass is 501 g/mol. The van der Waals surface area contributed by atoms with Crippen molar-refractivity contribution < 1.29 is 4.79 Å². The largest absolute Gasteiger partial charge is 0.351 e. The van der Waals surface area contributed by atoms with Crippen molar-refractivity contribution >= 4 is 11.6 Å². The van der Waals surface area contributed by atoms with Gasteiger partial charge in [-0.3, -0.25) is 9.78 Å². The lowest BCUT2D eigenvalue weighted by atomic mass is 9.81. The van der Waals surface area contributed by atoms with Crippen molar-refractivity contribution in [1.29, 1.82) is 0 Å². The quantitative estimate of drug-likeness (QED) is 0.520. The van der Waals surface area contributed by atoms with Gasteiger partial charge >= 0.3 is 0 Å². The predicted molar refractivity (Wildman–Crippen MR) is 155 cm³/mol. The summed E-state index contributed by atoms with van der Waals surface area (Å²) in [6.45, 7) is 15.8. The molecule has 1 unspecified atom stereocenters. The Hall–Kier alpha value is -3.38. The summed E-state index contributed by atoms with van der Waals surface area (Å²) >= 11 is 0. The topological polar surface area (TPSA) is 74.5 Å². The van der Waals surface area contributed by atoms with E-state index in [9.17, 15) is 4.79 Å². The Morgan fingerprint density at radius 2 is 1.76 bits per heavy atom. The maximum atomic E-state index is 13.1. The SMILES string of the molecule is C=C1CN(C(=C)C2CCC(C)CC2)C(C)NC(=O)/C1=C/N(C)c1ccc(-c2cncc(C)c2)cc1.CN. The van der Waals surface area contributed by atoms with Gasteiger partial charge in [-0.25, -0.2) is 0 Å². The number of hydrogen-bond acceptors (Lipinski definition) is 5. The van der Waals surface area contributed by atoms with E-state index >= 15 is 0 Å². The highest BCUT2D eigenvalue weighted by Gasteiger charge is 2.31. The third-order valence-electron chi connectivity index (χ3n) is 7.46. The number of carbonyl (C=O) groups excluding carboxylic acids is 1. The Morgan fingerprint density at radius 1 is 1.11 bits per heavy atom. The van der Waals surface area contributed by atoms with Crippen LogP contribution in [0.3, 0.4) is 0 Å². The molecule has 1 aliphatic carbocycles. The Kier molecular flexibility index (Phi) is 9.70. The zero-order valence-electron chi connectivity index (χ0n) is 23.1. The molecule has 1 aliphatic heterocycles. The standard InChI is InChI=1S/C30H38N4O.CH5N/c1-20-7-9-25(10-8-20)23(4)34-18-22(3)29(30(35)32-24(34)5)19-33(6)28-13-11-26(12-14-28)27-15-21(2)16-31-17-27;1-2/h11-17,19-20,24-25H,3-4,7-10,18H2,1-2,5-6H3,(H,32,35);2H2,1H3/b29-19+;. The van der Waals surface area contributed by atoms with E-state index in [1.165, 1.54) is 32.7 Å². The number of nitrogens with zero attached hydrogens (tertiary/aromatic N) is 3. The fraction of sp³-hybridized carbons (Fsp3) is 0.419. The van der Waals surface area contributed by atoms with Gasteiger partial charge in [0.15, 0.2) is 0 Å². The molecule has 37 heavy (non-hydrogen) atoms. The molecule has 1 saturated heterocycles. The van der Waals surface area contributed by atoms with Crippen molar-refractivity contribution in [3.05, 3.63) is 84.5 Å². The molecule has 1 aromatic carbocycles. The zero-order valence-corrected chi connectivity index (χ0v) is 23.1. The van der Waals surface area contributed by atoms with Gasteiger partial charge in [0.25, 0.3) is 5.91 Å². The summed E-state index contributed by atoms with van der Waals surface area (Å²) in [7, 11) is 3.46. The van der Waals surface area contributed by atoms with Crippen molar-refractivity contribution in [2.24, 2.45) is 17.6 Å². The van der Waals surface area contributed by atoms with E-state index in [0.717, 1.165) is 39.6 Å². The summed E-state index contributed by atoms with van der Waals surface area (Å²) in [5, 5.41) is 3.16. The van der Waals surface area contributed by atoms with Crippen LogP contribution in [0.4, 0.5) is 5.69 Å². The molecule has 2 heterocycles. The summed E-state index contributed by atoms with van der Waals surface area (Å²) in [5.74, 6) is 1.18. The number of allylic oxidation sites excluding steroid dienone is 1. The first-order valence-corrected chi connectivity index (χ1v) is 13.2. The van der Waals surface area contributed by atoms with Gasteiger partial charge < -0.3 is 20.9 Å². The van der Waals surface area contributed by atoms with E-state index in [2.05, 4.69) is 71.3 Å². The number of aromatic nitrogens is 1. The van der Waals surface area contributed by atoms with Gasteiger partial charge in [0.1, 0.15) is 0 Å². The molecule has 0 spiro atoms. The summed E-state index contributed by atoms with van der Waals surface area (Å²) in [4.78, 5) is 21.6. The average Bonchev–Trinajstić information content (AvgIpc) is 3.01. The van der Waals surface area contributed by atoms with Crippen LogP contribution in [0.25, 0.3) is 11.1 Å². The van der Waals surface area contributed by atoms with Crippen LogP contribution in [-0.4, -0.2) is 42.6 Å². The minimum Gasteiger partial charge on any atom is -0.351 e. The van der Waals surface area contributed by atoms with Crippen molar-refractivity contribution in [3.63, 3.8) is 0 Å². The number of rotatable bonds is 5. The molecule has 0 radical (unpaired) electrons. The van der Waals surface area contributed by atoms with Gasteiger partial charge in [-0.2, -0.15) is 0 Å². The Bertz CT molecular complexity index is 1130. The number of amides is 1. The number of carbonyl (C=O) groups is 1. The highest BCUT2D eigenvalue weighted by Crippen LogP contribution is 2.35. The second-order valence-electron chi connectivity index (χ2n) is 10.3. The van der Waals surface area contributed by atoms with Crippen molar-refractivity contribution in [2.45, 2.75) is 52.6 Å². The number of nitrogens with one attached hydrogen (secondary N) is 1. The summed E-state index contributed by atoms with van der Waals surface area (Å²) in [5.41, 5.74) is 11.4. The molecule has 1 amide bonds. The third-order valence-corrected chi connectivity index (χ3v) is 7.46. The van der Waals surface area contributed by atoms with Gasteiger partial charge in [-0.05, 0) is 80.5 Å². The molecule has 6 heteroatoms. The Labute approximate surface area is 223 Å². The first kappa shape index (κ1) is 28.2. The van der Waals surface area contributed by atoms with Crippen LogP contribution in [0.15, 0.2) is 78.9 Å². The van der Waals surface area contributed by atoms with E-state index in [-0.39, 0.29) is 12.1 Å². The zero-order chi connectivity index (χ0) is 27.1. The maximum absolute atomic E-state index is 13.1. The fourth-order valence-corrected chi connectivity index (χ4v) is 5.13. The Morgan fingerprint density at radius 3 is 2.38 bits per heavy atom. The van der Waals surface area contributed by atoms with E-state index < -0.39 is 0 Å². The van der Waals surface area contributed by atoms with E-state index in [1.807, 2.05) is 44.4 Å². The van der Waals surface area contributed by atoms with Gasteiger partial charge in [0, 0.05) is 49.1 Å². The molecule has 3 N–H and O–H groups in total. The van der Waals surface area contributed by atoms with Crippen molar-refractivity contribution in [2.75, 3.05) is 25.5 Å². The number of hydrogen-bond donors (Lipinski definition) is 2. The fourth-order valence-electron chi connectivity index (χ4n) is 5.13. The first-order chi connectivity index (χ1) is 17.7.